The van der Waals surface area contributed by atoms with Gasteiger partial charge in [-0.1, -0.05) is 24.3 Å². The molecule has 1 heterocycles. The fraction of sp³-hybridized carbons (Fsp3) is 0.294. The summed E-state index contributed by atoms with van der Waals surface area (Å²) < 4.78 is 11.1. The first-order valence-corrected chi connectivity index (χ1v) is 7.43. The molecule has 0 aromatic heterocycles. The van der Waals surface area contributed by atoms with E-state index in [0.29, 0.717) is 31.9 Å². The highest BCUT2D eigenvalue weighted by molar-refractivity contribution is 5.44. The van der Waals surface area contributed by atoms with Crippen molar-refractivity contribution in [3.63, 3.8) is 0 Å². The summed E-state index contributed by atoms with van der Waals surface area (Å²) in [6.45, 7) is 2.31. The number of hydrogen-bond donors (Lipinski definition) is 0. The highest BCUT2D eigenvalue weighted by atomic mass is 16.6. The lowest BCUT2D eigenvalue weighted by Crippen LogP contribution is -2.19. The number of benzene rings is 2. The average molecular weight is 314 g/mol. The summed E-state index contributed by atoms with van der Waals surface area (Å²) in [4.78, 5) is 12.8. The van der Waals surface area contributed by atoms with Crippen LogP contribution in [0, 0.1) is 10.1 Å². The fourth-order valence-corrected chi connectivity index (χ4v) is 2.67. The van der Waals surface area contributed by atoms with E-state index < -0.39 is 0 Å². The Morgan fingerprint density at radius 2 is 1.83 bits per heavy atom. The van der Waals surface area contributed by atoms with Crippen LogP contribution in [0.1, 0.15) is 11.1 Å². The molecule has 0 spiro atoms. The largest absolute Gasteiger partial charge is 0.486 e. The van der Waals surface area contributed by atoms with Gasteiger partial charge in [0.15, 0.2) is 11.5 Å². The van der Waals surface area contributed by atoms with Crippen LogP contribution in [0.3, 0.4) is 0 Å². The second-order valence-corrected chi connectivity index (χ2v) is 5.54. The molecule has 120 valence electrons. The van der Waals surface area contributed by atoms with Crippen molar-refractivity contribution in [3.8, 4) is 11.5 Å². The van der Waals surface area contributed by atoms with E-state index >= 15 is 0 Å². The minimum Gasteiger partial charge on any atom is -0.486 e. The standard InChI is InChI=1S/C17H18N2O4/c1-18(12-14-4-2-3-5-15(14)19(20)21)11-13-6-7-16-17(10-13)23-9-8-22-16/h2-7,10H,8-9,11-12H2,1H3. The van der Waals surface area contributed by atoms with Gasteiger partial charge in [0, 0.05) is 24.7 Å². The van der Waals surface area contributed by atoms with Gasteiger partial charge in [0.1, 0.15) is 13.2 Å². The molecule has 6 heteroatoms. The lowest BCUT2D eigenvalue weighted by atomic mass is 10.1. The van der Waals surface area contributed by atoms with E-state index in [1.165, 1.54) is 6.07 Å². The predicted octanol–water partition coefficient (Wildman–Crippen LogP) is 3.00. The van der Waals surface area contributed by atoms with Gasteiger partial charge < -0.3 is 9.47 Å². The molecular weight excluding hydrogens is 296 g/mol. The Bertz CT molecular complexity index is 717. The summed E-state index contributed by atoms with van der Waals surface area (Å²) in [5.74, 6) is 1.52. The molecule has 0 N–H and O–H groups in total. The molecule has 0 fully saturated rings. The minimum atomic E-state index is -0.340. The van der Waals surface area contributed by atoms with Gasteiger partial charge in [-0.15, -0.1) is 0 Å². The highest BCUT2D eigenvalue weighted by Gasteiger charge is 2.15. The first-order valence-electron chi connectivity index (χ1n) is 7.43. The van der Waals surface area contributed by atoms with Gasteiger partial charge >= 0.3 is 0 Å². The number of para-hydroxylation sites is 1. The minimum absolute atomic E-state index is 0.154. The molecule has 1 aliphatic rings. The van der Waals surface area contributed by atoms with Gasteiger partial charge in [-0.3, -0.25) is 15.0 Å². The topological polar surface area (TPSA) is 64.8 Å². The predicted molar refractivity (Wildman–Crippen MR) is 85.7 cm³/mol. The fourth-order valence-electron chi connectivity index (χ4n) is 2.67. The zero-order chi connectivity index (χ0) is 16.2. The SMILES string of the molecule is CN(Cc1ccc2c(c1)OCCO2)Cc1ccccc1[N+](=O)[O-]. The quantitative estimate of drug-likeness (QED) is 0.627. The maximum absolute atomic E-state index is 11.1. The van der Waals surface area contributed by atoms with Gasteiger partial charge in [-0.05, 0) is 24.7 Å². The van der Waals surface area contributed by atoms with Crippen molar-refractivity contribution in [2.45, 2.75) is 13.1 Å². The summed E-state index contributed by atoms with van der Waals surface area (Å²) in [7, 11) is 1.94. The van der Waals surface area contributed by atoms with Crippen LogP contribution in [0.25, 0.3) is 0 Å². The number of hydrogen-bond acceptors (Lipinski definition) is 5. The number of fused-ring (bicyclic) bond motifs is 1. The van der Waals surface area contributed by atoms with Crippen LogP contribution in [0.5, 0.6) is 11.5 Å². The van der Waals surface area contributed by atoms with Crippen LogP contribution in [-0.4, -0.2) is 30.1 Å². The molecule has 0 saturated carbocycles. The van der Waals surface area contributed by atoms with Crippen molar-refractivity contribution in [2.24, 2.45) is 0 Å². The molecule has 23 heavy (non-hydrogen) atoms. The smallest absolute Gasteiger partial charge is 0.273 e. The van der Waals surface area contributed by atoms with Crippen molar-refractivity contribution in [1.82, 2.24) is 4.90 Å². The Labute approximate surface area is 134 Å². The van der Waals surface area contributed by atoms with Gasteiger partial charge in [0.25, 0.3) is 5.69 Å². The maximum Gasteiger partial charge on any atom is 0.273 e. The van der Waals surface area contributed by atoms with Gasteiger partial charge in [-0.2, -0.15) is 0 Å². The molecule has 2 aromatic rings. The van der Waals surface area contributed by atoms with E-state index in [9.17, 15) is 10.1 Å². The number of nitrogens with zero attached hydrogens (tertiary/aromatic N) is 2. The van der Waals surface area contributed by atoms with Crippen LogP contribution in [0.15, 0.2) is 42.5 Å². The van der Waals surface area contributed by atoms with Crippen molar-refractivity contribution >= 4 is 5.69 Å². The molecule has 0 unspecified atom stereocenters. The Morgan fingerprint density at radius 3 is 2.61 bits per heavy atom. The monoisotopic (exact) mass is 314 g/mol. The zero-order valence-electron chi connectivity index (χ0n) is 12.9. The van der Waals surface area contributed by atoms with E-state index in [1.807, 2.05) is 36.2 Å². The maximum atomic E-state index is 11.1. The third-order valence-corrected chi connectivity index (χ3v) is 3.69. The van der Waals surface area contributed by atoms with E-state index in [2.05, 4.69) is 0 Å². The molecule has 0 amide bonds. The number of nitro benzene ring substituents is 1. The van der Waals surface area contributed by atoms with Gasteiger partial charge in [-0.25, -0.2) is 0 Å². The van der Waals surface area contributed by atoms with E-state index in [1.54, 1.807) is 12.1 Å². The van der Waals surface area contributed by atoms with E-state index in [-0.39, 0.29) is 10.6 Å². The molecular formula is C17H18N2O4. The molecule has 2 aromatic carbocycles. The normalized spacial score (nSPS) is 13.1. The van der Waals surface area contributed by atoms with Gasteiger partial charge in [0.2, 0.25) is 0 Å². The van der Waals surface area contributed by atoms with E-state index in [0.717, 1.165) is 17.1 Å². The highest BCUT2D eigenvalue weighted by Crippen LogP contribution is 2.31. The van der Waals surface area contributed by atoms with Gasteiger partial charge in [0.05, 0.1) is 4.92 Å². The lowest BCUT2D eigenvalue weighted by Gasteiger charge is -2.21. The van der Waals surface area contributed by atoms with Crippen LogP contribution < -0.4 is 9.47 Å². The average Bonchev–Trinajstić information content (AvgIpc) is 2.55. The molecule has 0 atom stereocenters. The zero-order valence-corrected chi connectivity index (χ0v) is 12.9. The van der Waals surface area contributed by atoms with Crippen molar-refractivity contribution in [3.05, 3.63) is 63.7 Å². The van der Waals surface area contributed by atoms with Crippen LogP contribution in [0.4, 0.5) is 5.69 Å². The van der Waals surface area contributed by atoms with Crippen molar-refractivity contribution in [1.29, 1.82) is 0 Å². The molecule has 0 radical (unpaired) electrons. The molecule has 0 aliphatic carbocycles. The van der Waals surface area contributed by atoms with Crippen molar-refractivity contribution < 1.29 is 14.4 Å². The van der Waals surface area contributed by atoms with Crippen molar-refractivity contribution in [2.75, 3.05) is 20.3 Å². The van der Waals surface area contributed by atoms with Crippen LogP contribution >= 0.6 is 0 Å². The van der Waals surface area contributed by atoms with E-state index in [4.69, 9.17) is 9.47 Å². The van der Waals surface area contributed by atoms with Crippen LogP contribution in [0.2, 0.25) is 0 Å². The first-order chi connectivity index (χ1) is 11.1. The summed E-state index contributed by atoms with van der Waals surface area (Å²) in [6.07, 6.45) is 0. The Kier molecular flexibility index (Phi) is 4.43. The molecule has 0 bridgehead atoms. The third-order valence-electron chi connectivity index (χ3n) is 3.69. The Balaban J connectivity index is 1.70. The third kappa shape index (κ3) is 3.60. The Hall–Kier alpha value is -2.60. The molecule has 0 saturated heterocycles. The summed E-state index contributed by atoms with van der Waals surface area (Å²) in [5, 5.41) is 11.1. The molecule has 6 nitrogen and oxygen atoms in total. The molecule has 1 aliphatic heterocycles. The summed E-state index contributed by atoms with van der Waals surface area (Å²) in [6, 6.07) is 12.7. The number of nitro groups is 1. The lowest BCUT2D eigenvalue weighted by molar-refractivity contribution is -0.385. The summed E-state index contributed by atoms with van der Waals surface area (Å²) in [5.41, 5.74) is 1.94. The second-order valence-electron chi connectivity index (χ2n) is 5.54. The Morgan fingerprint density at radius 1 is 1.09 bits per heavy atom. The number of ether oxygens (including phenoxy) is 2. The second kappa shape index (κ2) is 6.66. The molecule has 3 rings (SSSR count). The van der Waals surface area contributed by atoms with Crippen LogP contribution in [-0.2, 0) is 13.1 Å². The summed E-state index contributed by atoms with van der Waals surface area (Å²) >= 11 is 0. The number of rotatable bonds is 5. The first kappa shape index (κ1) is 15.3.